The fourth-order valence-electron chi connectivity index (χ4n) is 2.14. The number of hydrogen-bond acceptors (Lipinski definition) is 5. The summed E-state index contributed by atoms with van der Waals surface area (Å²) in [6.45, 7) is 1.82. The predicted molar refractivity (Wildman–Crippen MR) is 102 cm³/mol. The van der Waals surface area contributed by atoms with E-state index < -0.39 is 0 Å². The summed E-state index contributed by atoms with van der Waals surface area (Å²) in [6.07, 6.45) is 1.65. The quantitative estimate of drug-likeness (QED) is 0.692. The minimum atomic E-state index is -0.253. The average Bonchev–Trinajstić information content (AvgIpc) is 3.02. The molecule has 0 saturated heterocycles. The molecule has 0 aliphatic rings. The number of nitrogens with one attached hydrogen (secondary N) is 1. The minimum absolute atomic E-state index is 0.112. The average molecular weight is 389 g/mol. The number of aromatic nitrogens is 3. The molecule has 0 radical (unpaired) electrons. The van der Waals surface area contributed by atoms with Crippen LogP contribution in [0.1, 0.15) is 5.56 Å². The first-order chi connectivity index (χ1) is 12.5. The molecule has 8 heteroatoms. The lowest BCUT2D eigenvalue weighted by atomic mass is 10.2. The van der Waals surface area contributed by atoms with Crippen molar-refractivity contribution in [1.29, 1.82) is 0 Å². The Balaban J connectivity index is 1.54. The Labute approximate surface area is 160 Å². The highest BCUT2D eigenvalue weighted by Crippen LogP contribution is 2.27. The third-order valence-corrected chi connectivity index (χ3v) is 4.83. The van der Waals surface area contributed by atoms with Crippen LogP contribution in [-0.2, 0) is 11.8 Å². The molecule has 134 valence electrons. The third kappa shape index (κ3) is 4.77. The molecule has 0 saturated carbocycles. The van der Waals surface area contributed by atoms with Crippen LogP contribution < -0.4 is 10.1 Å². The zero-order valence-corrected chi connectivity index (χ0v) is 15.8. The molecule has 26 heavy (non-hydrogen) atoms. The maximum Gasteiger partial charge on any atom is 0.262 e. The molecule has 0 spiro atoms. The topological polar surface area (TPSA) is 69.0 Å². The second kappa shape index (κ2) is 8.25. The van der Waals surface area contributed by atoms with Gasteiger partial charge < -0.3 is 14.6 Å². The van der Waals surface area contributed by atoms with E-state index in [9.17, 15) is 4.79 Å². The van der Waals surface area contributed by atoms with Gasteiger partial charge in [-0.15, -0.1) is 10.2 Å². The fraction of sp³-hybridized carbons (Fsp3) is 0.167. The van der Waals surface area contributed by atoms with Gasteiger partial charge in [0.1, 0.15) is 12.1 Å². The number of halogens is 1. The number of carbonyl (C=O) groups is 1. The molecule has 0 atom stereocenters. The molecule has 6 nitrogen and oxygen atoms in total. The number of aryl methyl sites for hydroxylation is 2. The highest BCUT2D eigenvalue weighted by molar-refractivity contribution is 7.99. The first-order valence-corrected chi connectivity index (χ1v) is 9.01. The molecule has 1 heterocycles. The maximum absolute atomic E-state index is 12.1. The van der Waals surface area contributed by atoms with Crippen molar-refractivity contribution in [2.45, 2.75) is 17.0 Å². The zero-order chi connectivity index (χ0) is 18.5. The number of hydrogen-bond donors (Lipinski definition) is 1. The van der Waals surface area contributed by atoms with E-state index in [2.05, 4.69) is 15.5 Å². The first-order valence-electron chi connectivity index (χ1n) is 7.82. The summed E-state index contributed by atoms with van der Waals surface area (Å²) in [7, 11) is 1.89. The van der Waals surface area contributed by atoms with Gasteiger partial charge in [0.25, 0.3) is 5.91 Å². The number of nitrogens with zero attached hydrogens (tertiary/aromatic N) is 3. The van der Waals surface area contributed by atoms with E-state index in [1.54, 1.807) is 18.5 Å². The van der Waals surface area contributed by atoms with E-state index in [0.717, 1.165) is 15.6 Å². The Kier molecular flexibility index (Phi) is 5.80. The number of benzene rings is 2. The largest absolute Gasteiger partial charge is 0.482 e. The SMILES string of the molecule is Cc1ccc(Cl)c(OCC(=O)Nc2ccc(Sc3nncn3C)cc2)c1. The van der Waals surface area contributed by atoms with Gasteiger partial charge in [0, 0.05) is 17.6 Å². The van der Waals surface area contributed by atoms with Crippen molar-refractivity contribution >= 4 is 35.0 Å². The minimum Gasteiger partial charge on any atom is -0.482 e. The Bertz CT molecular complexity index is 912. The third-order valence-electron chi connectivity index (χ3n) is 3.46. The smallest absolute Gasteiger partial charge is 0.262 e. The highest BCUT2D eigenvalue weighted by Gasteiger charge is 2.08. The van der Waals surface area contributed by atoms with Crippen LogP contribution >= 0.6 is 23.4 Å². The van der Waals surface area contributed by atoms with Crippen molar-refractivity contribution < 1.29 is 9.53 Å². The van der Waals surface area contributed by atoms with Gasteiger partial charge in [-0.05, 0) is 60.6 Å². The molecule has 1 amide bonds. The molecule has 0 aliphatic carbocycles. The summed E-state index contributed by atoms with van der Waals surface area (Å²) in [5.41, 5.74) is 1.71. The monoisotopic (exact) mass is 388 g/mol. The lowest BCUT2D eigenvalue weighted by Crippen LogP contribution is -2.20. The predicted octanol–water partition coefficient (Wildman–Crippen LogP) is 3.95. The van der Waals surface area contributed by atoms with Crippen molar-refractivity contribution in [2.24, 2.45) is 7.05 Å². The molecular formula is C18H17ClN4O2S. The molecule has 2 aromatic carbocycles. The van der Waals surface area contributed by atoms with Crippen LogP contribution in [0.15, 0.2) is 58.8 Å². The normalized spacial score (nSPS) is 10.6. The molecular weight excluding hydrogens is 372 g/mol. The van der Waals surface area contributed by atoms with Gasteiger partial charge in [-0.1, -0.05) is 17.7 Å². The summed E-state index contributed by atoms with van der Waals surface area (Å²) in [5, 5.41) is 11.9. The molecule has 3 aromatic rings. The van der Waals surface area contributed by atoms with E-state index in [-0.39, 0.29) is 12.5 Å². The van der Waals surface area contributed by atoms with Crippen LogP contribution in [0.25, 0.3) is 0 Å². The van der Waals surface area contributed by atoms with Crippen molar-refractivity contribution in [2.75, 3.05) is 11.9 Å². The van der Waals surface area contributed by atoms with Crippen molar-refractivity contribution in [3.63, 3.8) is 0 Å². The number of amides is 1. The van der Waals surface area contributed by atoms with Gasteiger partial charge in [-0.2, -0.15) is 0 Å². The van der Waals surface area contributed by atoms with E-state index in [0.29, 0.717) is 16.5 Å². The van der Waals surface area contributed by atoms with E-state index in [1.165, 1.54) is 11.8 Å². The Morgan fingerprint density at radius 3 is 2.73 bits per heavy atom. The standard InChI is InChI=1S/C18H17ClN4O2S/c1-12-3-8-15(19)16(9-12)25-10-17(24)21-13-4-6-14(7-5-13)26-18-22-20-11-23(18)2/h3-9,11H,10H2,1-2H3,(H,21,24). The Hall–Kier alpha value is -2.51. The molecule has 3 rings (SSSR count). The van der Waals surface area contributed by atoms with Crippen LogP contribution in [0.4, 0.5) is 5.69 Å². The van der Waals surface area contributed by atoms with Crippen LogP contribution in [0, 0.1) is 6.92 Å². The van der Waals surface area contributed by atoms with Gasteiger partial charge >= 0.3 is 0 Å². The molecule has 0 unspecified atom stereocenters. The molecule has 1 N–H and O–H groups in total. The zero-order valence-electron chi connectivity index (χ0n) is 14.3. The van der Waals surface area contributed by atoms with Crippen LogP contribution in [0.5, 0.6) is 5.75 Å². The van der Waals surface area contributed by atoms with Crippen molar-refractivity contribution in [3.05, 3.63) is 59.4 Å². The highest BCUT2D eigenvalue weighted by atomic mass is 35.5. The number of anilines is 1. The Morgan fingerprint density at radius 2 is 2.04 bits per heavy atom. The van der Waals surface area contributed by atoms with Gasteiger partial charge in [-0.25, -0.2) is 0 Å². The molecule has 0 aliphatic heterocycles. The van der Waals surface area contributed by atoms with Crippen LogP contribution in [0.2, 0.25) is 5.02 Å². The summed E-state index contributed by atoms with van der Waals surface area (Å²) in [6, 6.07) is 12.9. The van der Waals surface area contributed by atoms with E-state index in [1.807, 2.05) is 48.9 Å². The number of carbonyl (C=O) groups excluding carboxylic acids is 1. The fourth-order valence-corrected chi connectivity index (χ4v) is 3.07. The summed E-state index contributed by atoms with van der Waals surface area (Å²) in [4.78, 5) is 13.1. The summed E-state index contributed by atoms with van der Waals surface area (Å²) in [5.74, 6) is 0.244. The second-order valence-corrected chi connectivity index (χ2v) is 7.07. The molecule has 0 fully saturated rings. The van der Waals surface area contributed by atoms with E-state index in [4.69, 9.17) is 16.3 Å². The second-order valence-electron chi connectivity index (χ2n) is 5.62. The number of rotatable bonds is 6. The number of ether oxygens (including phenoxy) is 1. The lowest BCUT2D eigenvalue weighted by Gasteiger charge is -2.10. The first kappa shape index (κ1) is 18.3. The van der Waals surface area contributed by atoms with Crippen LogP contribution in [0.3, 0.4) is 0 Å². The summed E-state index contributed by atoms with van der Waals surface area (Å²) >= 11 is 7.55. The van der Waals surface area contributed by atoms with Gasteiger partial charge in [0.05, 0.1) is 5.02 Å². The van der Waals surface area contributed by atoms with Crippen molar-refractivity contribution in [3.8, 4) is 5.75 Å². The summed E-state index contributed by atoms with van der Waals surface area (Å²) < 4.78 is 7.33. The van der Waals surface area contributed by atoms with Gasteiger partial charge in [-0.3, -0.25) is 4.79 Å². The van der Waals surface area contributed by atoms with Gasteiger partial charge in [0.2, 0.25) is 0 Å². The van der Waals surface area contributed by atoms with Crippen LogP contribution in [-0.4, -0.2) is 27.3 Å². The maximum atomic E-state index is 12.1. The Morgan fingerprint density at radius 1 is 1.27 bits per heavy atom. The van der Waals surface area contributed by atoms with Gasteiger partial charge in [0.15, 0.2) is 11.8 Å². The lowest BCUT2D eigenvalue weighted by molar-refractivity contribution is -0.118. The van der Waals surface area contributed by atoms with E-state index >= 15 is 0 Å². The molecule has 1 aromatic heterocycles. The van der Waals surface area contributed by atoms with Crippen molar-refractivity contribution in [1.82, 2.24) is 14.8 Å². The molecule has 0 bridgehead atoms.